The molecule has 2 aromatic rings. The molecule has 1 heterocycles. The molecule has 114 valence electrons. The standard InChI is InChI=1S/C16H22ClN3O/c1-3-7-18-10-13-5-6-16(15(17)9-13)21-14-11-19-20(12-14)8-4-2/h5-6,9,11-12,18H,3-4,7-8,10H2,1-2H3. The molecule has 1 aromatic heterocycles. The van der Waals surface area contributed by atoms with Crippen LogP contribution in [0.15, 0.2) is 30.6 Å². The normalized spacial score (nSPS) is 10.8. The predicted molar refractivity (Wildman–Crippen MR) is 86.0 cm³/mol. The van der Waals surface area contributed by atoms with Crippen LogP contribution in [0.4, 0.5) is 0 Å². The van der Waals surface area contributed by atoms with Gasteiger partial charge in [0.1, 0.15) is 5.75 Å². The third kappa shape index (κ3) is 4.76. The Morgan fingerprint density at radius 3 is 2.86 bits per heavy atom. The van der Waals surface area contributed by atoms with Gasteiger partial charge in [-0.2, -0.15) is 5.10 Å². The van der Waals surface area contributed by atoms with Crippen molar-refractivity contribution in [2.75, 3.05) is 6.54 Å². The van der Waals surface area contributed by atoms with E-state index in [1.165, 1.54) is 0 Å². The summed E-state index contributed by atoms with van der Waals surface area (Å²) in [6.07, 6.45) is 5.76. The maximum Gasteiger partial charge on any atom is 0.165 e. The van der Waals surface area contributed by atoms with E-state index in [1.54, 1.807) is 6.20 Å². The fraction of sp³-hybridized carbons (Fsp3) is 0.438. The summed E-state index contributed by atoms with van der Waals surface area (Å²) in [6.45, 7) is 6.98. The van der Waals surface area contributed by atoms with Gasteiger partial charge in [-0.25, -0.2) is 0 Å². The van der Waals surface area contributed by atoms with Crippen molar-refractivity contribution in [2.45, 2.75) is 39.8 Å². The molecule has 0 saturated heterocycles. The second kappa shape index (κ2) is 8.05. The van der Waals surface area contributed by atoms with Gasteiger partial charge in [0.15, 0.2) is 5.75 Å². The highest BCUT2D eigenvalue weighted by Gasteiger charge is 2.06. The molecular formula is C16H22ClN3O. The number of halogens is 1. The quantitative estimate of drug-likeness (QED) is 0.741. The summed E-state index contributed by atoms with van der Waals surface area (Å²) >= 11 is 6.28. The predicted octanol–water partition coefficient (Wildman–Crippen LogP) is 4.24. The Kier molecular flexibility index (Phi) is 6.08. The lowest BCUT2D eigenvalue weighted by atomic mass is 10.2. The van der Waals surface area contributed by atoms with Crippen LogP contribution in [-0.2, 0) is 13.1 Å². The summed E-state index contributed by atoms with van der Waals surface area (Å²) in [5, 5.41) is 8.21. The highest BCUT2D eigenvalue weighted by atomic mass is 35.5. The second-order valence-electron chi connectivity index (χ2n) is 4.98. The lowest BCUT2D eigenvalue weighted by Gasteiger charge is -2.08. The SMILES string of the molecule is CCCNCc1ccc(Oc2cnn(CCC)c2)c(Cl)c1. The highest BCUT2D eigenvalue weighted by molar-refractivity contribution is 6.32. The van der Waals surface area contributed by atoms with E-state index in [-0.39, 0.29) is 0 Å². The molecule has 0 bridgehead atoms. The van der Waals surface area contributed by atoms with Gasteiger partial charge in [0.2, 0.25) is 0 Å². The minimum Gasteiger partial charge on any atom is -0.452 e. The fourth-order valence-electron chi connectivity index (χ4n) is 2.02. The molecule has 0 fully saturated rings. The van der Waals surface area contributed by atoms with Crippen molar-refractivity contribution in [1.82, 2.24) is 15.1 Å². The number of aromatic nitrogens is 2. The van der Waals surface area contributed by atoms with Crippen LogP contribution in [0.1, 0.15) is 32.3 Å². The molecular weight excluding hydrogens is 286 g/mol. The molecule has 4 nitrogen and oxygen atoms in total. The van der Waals surface area contributed by atoms with Crippen molar-refractivity contribution in [2.24, 2.45) is 0 Å². The Hall–Kier alpha value is -1.52. The van der Waals surface area contributed by atoms with E-state index in [2.05, 4.69) is 24.3 Å². The van der Waals surface area contributed by atoms with Gasteiger partial charge < -0.3 is 10.1 Å². The highest BCUT2D eigenvalue weighted by Crippen LogP contribution is 2.29. The Bertz CT molecular complexity index is 568. The fourth-order valence-corrected chi connectivity index (χ4v) is 2.26. The van der Waals surface area contributed by atoms with Crippen molar-refractivity contribution in [3.8, 4) is 11.5 Å². The molecule has 5 heteroatoms. The van der Waals surface area contributed by atoms with Crippen LogP contribution >= 0.6 is 11.6 Å². The van der Waals surface area contributed by atoms with Gasteiger partial charge >= 0.3 is 0 Å². The molecule has 1 N–H and O–H groups in total. The zero-order chi connectivity index (χ0) is 15.1. The van der Waals surface area contributed by atoms with E-state index in [0.29, 0.717) is 16.5 Å². The first-order valence-corrected chi connectivity index (χ1v) is 7.80. The minimum atomic E-state index is 0.619. The van der Waals surface area contributed by atoms with Crippen molar-refractivity contribution >= 4 is 11.6 Å². The summed E-state index contributed by atoms with van der Waals surface area (Å²) in [4.78, 5) is 0. The molecule has 0 aliphatic heterocycles. The number of nitrogens with one attached hydrogen (secondary N) is 1. The summed E-state index contributed by atoms with van der Waals surface area (Å²) in [5.41, 5.74) is 1.16. The number of aryl methyl sites for hydroxylation is 1. The number of hydrogen-bond acceptors (Lipinski definition) is 3. The van der Waals surface area contributed by atoms with E-state index < -0.39 is 0 Å². The lowest BCUT2D eigenvalue weighted by Crippen LogP contribution is -2.13. The molecule has 0 unspecified atom stereocenters. The Morgan fingerprint density at radius 2 is 2.14 bits per heavy atom. The van der Waals surface area contributed by atoms with Crippen molar-refractivity contribution < 1.29 is 4.74 Å². The van der Waals surface area contributed by atoms with Crippen LogP contribution in [0, 0.1) is 0 Å². The Labute approximate surface area is 131 Å². The largest absolute Gasteiger partial charge is 0.452 e. The van der Waals surface area contributed by atoms with Gasteiger partial charge in [-0.3, -0.25) is 4.68 Å². The number of ether oxygens (including phenoxy) is 1. The zero-order valence-corrected chi connectivity index (χ0v) is 13.4. The van der Waals surface area contributed by atoms with Gasteiger partial charge in [0.05, 0.1) is 17.4 Å². The first kappa shape index (κ1) is 15.9. The maximum atomic E-state index is 6.28. The molecule has 0 radical (unpaired) electrons. The average Bonchev–Trinajstić information content (AvgIpc) is 2.90. The van der Waals surface area contributed by atoms with E-state index >= 15 is 0 Å². The minimum absolute atomic E-state index is 0.619. The zero-order valence-electron chi connectivity index (χ0n) is 12.6. The number of nitrogens with zero attached hydrogens (tertiary/aromatic N) is 2. The van der Waals surface area contributed by atoms with Crippen molar-refractivity contribution in [1.29, 1.82) is 0 Å². The molecule has 1 aromatic carbocycles. The molecule has 0 spiro atoms. The number of rotatable bonds is 8. The van der Waals surface area contributed by atoms with Crippen LogP contribution in [0.5, 0.6) is 11.5 Å². The van der Waals surface area contributed by atoms with Crippen LogP contribution in [0.2, 0.25) is 5.02 Å². The summed E-state index contributed by atoms with van der Waals surface area (Å²) in [7, 11) is 0. The average molecular weight is 308 g/mol. The lowest BCUT2D eigenvalue weighted by molar-refractivity contribution is 0.480. The van der Waals surface area contributed by atoms with E-state index in [4.69, 9.17) is 16.3 Å². The first-order chi connectivity index (χ1) is 10.2. The molecule has 0 amide bonds. The van der Waals surface area contributed by atoms with Gasteiger partial charge in [0.25, 0.3) is 0 Å². The van der Waals surface area contributed by atoms with Crippen molar-refractivity contribution in [3.05, 3.63) is 41.2 Å². The van der Waals surface area contributed by atoms with E-state index in [9.17, 15) is 0 Å². The Balaban J connectivity index is 1.99. The summed E-state index contributed by atoms with van der Waals surface area (Å²) in [6, 6.07) is 5.87. The smallest absolute Gasteiger partial charge is 0.165 e. The van der Waals surface area contributed by atoms with Crippen LogP contribution in [-0.4, -0.2) is 16.3 Å². The molecule has 21 heavy (non-hydrogen) atoms. The van der Waals surface area contributed by atoms with Gasteiger partial charge in [-0.05, 0) is 37.1 Å². The van der Waals surface area contributed by atoms with E-state index in [1.807, 2.05) is 29.1 Å². The van der Waals surface area contributed by atoms with Gasteiger partial charge in [-0.15, -0.1) is 0 Å². The van der Waals surface area contributed by atoms with Crippen LogP contribution in [0.3, 0.4) is 0 Å². The Morgan fingerprint density at radius 1 is 1.29 bits per heavy atom. The van der Waals surface area contributed by atoms with Gasteiger partial charge in [0, 0.05) is 13.1 Å². The third-order valence-electron chi connectivity index (χ3n) is 3.04. The second-order valence-corrected chi connectivity index (χ2v) is 5.39. The maximum absolute atomic E-state index is 6.28. The van der Waals surface area contributed by atoms with Crippen LogP contribution < -0.4 is 10.1 Å². The summed E-state index contributed by atoms with van der Waals surface area (Å²) < 4.78 is 7.65. The van der Waals surface area contributed by atoms with Crippen LogP contribution in [0.25, 0.3) is 0 Å². The molecule has 0 aliphatic rings. The topological polar surface area (TPSA) is 39.1 Å². The molecule has 0 atom stereocenters. The molecule has 2 rings (SSSR count). The van der Waals surface area contributed by atoms with Gasteiger partial charge in [-0.1, -0.05) is 31.5 Å². The third-order valence-corrected chi connectivity index (χ3v) is 3.34. The molecule has 0 aliphatic carbocycles. The first-order valence-electron chi connectivity index (χ1n) is 7.42. The molecule has 0 saturated carbocycles. The van der Waals surface area contributed by atoms with Crippen molar-refractivity contribution in [3.63, 3.8) is 0 Å². The number of benzene rings is 1. The monoisotopic (exact) mass is 307 g/mol. The number of hydrogen-bond donors (Lipinski definition) is 1. The van der Waals surface area contributed by atoms with E-state index in [0.717, 1.165) is 38.0 Å². The summed E-state index contributed by atoms with van der Waals surface area (Å²) in [5.74, 6) is 1.37.